The van der Waals surface area contributed by atoms with E-state index in [0.717, 1.165) is 31.2 Å². The topological polar surface area (TPSA) is 164 Å². The summed E-state index contributed by atoms with van der Waals surface area (Å²) in [7, 11) is 0. The van der Waals surface area contributed by atoms with E-state index < -0.39 is 6.10 Å². The number of aromatic nitrogens is 2. The van der Waals surface area contributed by atoms with E-state index in [2.05, 4.69) is 31.1 Å². The van der Waals surface area contributed by atoms with E-state index in [0.29, 0.717) is 41.0 Å². The lowest BCUT2D eigenvalue weighted by molar-refractivity contribution is -0.129. The molecule has 5 rings (SSSR count). The van der Waals surface area contributed by atoms with Crippen LogP contribution in [0.2, 0.25) is 0 Å². The van der Waals surface area contributed by atoms with Crippen molar-refractivity contribution in [2.45, 2.75) is 70.7 Å². The third kappa shape index (κ3) is 6.33. The van der Waals surface area contributed by atoms with E-state index in [-0.39, 0.29) is 48.7 Å². The quantitative estimate of drug-likeness (QED) is 0.414. The number of aliphatic hydroxyl groups excluding tert-OH is 1. The van der Waals surface area contributed by atoms with Crippen LogP contribution in [-0.2, 0) is 21.0 Å². The lowest BCUT2D eigenvalue weighted by atomic mass is 9.81. The van der Waals surface area contributed by atoms with E-state index in [1.165, 1.54) is 6.92 Å². The first-order valence-electron chi connectivity index (χ1n) is 13.2. The molecule has 0 radical (unpaired) electrons. The summed E-state index contributed by atoms with van der Waals surface area (Å²) in [5.74, 6) is 0.423. The standard InChI is InChI=1S/C27H32N6O6/c1-14(34)26(36)31-18-6-4-17(5-7-18)24-11-20(33-39-24)19-10-22(30-15(2)29-19)27(37)28-12-16-3-8-23-21(9-16)32-25(35)13-38-23/h3,8-10,14,17-18,24,34H,4-7,11-13H2,1-2H3,(H,28,37)(H,31,36)(H,32,35)/t14-,17-,18-,24?/m0/s1. The van der Waals surface area contributed by atoms with E-state index in [1.807, 2.05) is 6.07 Å². The van der Waals surface area contributed by atoms with Crippen molar-refractivity contribution in [2.24, 2.45) is 11.1 Å². The van der Waals surface area contributed by atoms with Gasteiger partial charge in [0.05, 0.1) is 11.4 Å². The molecular weight excluding hydrogens is 504 g/mol. The number of nitrogens with one attached hydrogen (secondary N) is 3. The Hall–Kier alpha value is -4.06. The number of rotatable bonds is 7. The third-order valence-electron chi connectivity index (χ3n) is 7.21. The summed E-state index contributed by atoms with van der Waals surface area (Å²) >= 11 is 0. The number of carbonyl (C=O) groups is 3. The van der Waals surface area contributed by atoms with Crippen LogP contribution in [0, 0.1) is 12.8 Å². The summed E-state index contributed by atoms with van der Waals surface area (Å²) in [6, 6.07) is 7.03. The fourth-order valence-electron chi connectivity index (χ4n) is 5.10. The zero-order valence-electron chi connectivity index (χ0n) is 21.9. The summed E-state index contributed by atoms with van der Waals surface area (Å²) in [6.45, 7) is 3.42. The highest BCUT2D eigenvalue weighted by atomic mass is 16.6. The van der Waals surface area contributed by atoms with Crippen LogP contribution >= 0.6 is 0 Å². The van der Waals surface area contributed by atoms with Gasteiger partial charge in [-0.15, -0.1) is 0 Å². The Bertz CT molecular complexity index is 1300. The number of nitrogens with zero attached hydrogens (tertiary/aromatic N) is 3. The maximum atomic E-state index is 12.9. The van der Waals surface area contributed by atoms with Gasteiger partial charge in [0.2, 0.25) is 5.91 Å². The molecule has 206 valence electrons. The predicted molar refractivity (Wildman–Crippen MR) is 140 cm³/mol. The van der Waals surface area contributed by atoms with Gasteiger partial charge in [-0.05, 0) is 69.2 Å². The predicted octanol–water partition coefficient (Wildman–Crippen LogP) is 1.59. The molecule has 1 fully saturated rings. The van der Waals surface area contributed by atoms with Gasteiger partial charge in [-0.3, -0.25) is 14.4 Å². The molecule has 1 aliphatic carbocycles. The van der Waals surface area contributed by atoms with Crippen molar-refractivity contribution in [3.8, 4) is 5.75 Å². The van der Waals surface area contributed by atoms with Crippen LogP contribution in [0.15, 0.2) is 29.4 Å². The zero-order chi connectivity index (χ0) is 27.5. The Labute approximate surface area is 225 Å². The molecule has 2 aromatic rings. The molecule has 0 saturated heterocycles. The molecule has 12 nitrogen and oxygen atoms in total. The smallest absolute Gasteiger partial charge is 0.270 e. The van der Waals surface area contributed by atoms with Crippen molar-refractivity contribution < 1.29 is 29.1 Å². The average Bonchev–Trinajstić information content (AvgIpc) is 3.42. The van der Waals surface area contributed by atoms with Crippen LogP contribution in [0.5, 0.6) is 5.75 Å². The molecule has 12 heteroatoms. The van der Waals surface area contributed by atoms with E-state index in [4.69, 9.17) is 9.57 Å². The summed E-state index contributed by atoms with van der Waals surface area (Å²) in [5, 5.41) is 22.2. The number of carbonyl (C=O) groups excluding carboxylic acids is 3. The van der Waals surface area contributed by atoms with Crippen LogP contribution in [-0.4, -0.2) is 63.4 Å². The largest absolute Gasteiger partial charge is 0.482 e. The number of hydrogen-bond acceptors (Lipinski definition) is 9. The lowest BCUT2D eigenvalue weighted by Crippen LogP contribution is -2.43. The van der Waals surface area contributed by atoms with Gasteiger partial charge in [0.25, 0.3) is 11.8 Å². The Balaban J connectivity index is 1.16. The van der Waals surface area contributed by atoms with Crippen LogP contribution in [0.25, 0.3) is 0 Å². The number of aryl methyl sites for hydroxylation is 1. The molecular formula is C27H32N6O6. The number of fused-ring (bicyclic) bond motifs is 1. The number of hydrogen-bond donors (Lipinski definition) is 4. The van der Waals surface area contributed by atoms with Gasteiger partial charge in [-0.2, -0.15) is 0 Å². The highest BCUT2D eigenvalue weighted by molar-refractivity contribution is 6.02. The minimum atomic E-state index is -1.01. The fourth-order valence-corrected chi connectivity index (χ4v) is 5.10. The molecule has 0 spiro atoms. The molecule has 2 atom stereocenters. The number of ether oxygens (including phenoxy) is 1. The zero-order valence-corrected chi connectivity index (χ0v) is 21.9. The highest BCUT2D eigenvalue weighted by Crippen LogP contribution is 2.33. The van der Waals surface area contributed by atoms with Gasteiger partial charge in [-0.1, -0.05) is 11.2 Å². The number of oxime groups is 1. The summed E-state index contributed by atoms with van der Waals surface area (Å²) < 4.78 is 5.37. The molecule has 0 bridgehead atoms. The SMILES string of the molecule is Cc1nc(C(=O)NCc2ccc3c(c2)NC(=O)CO3)cc(C2=NOC([C@H]3CC[C@H](NC(=O)[C@H](C)O)CC3)C2)n1. The normalized spacial score (nSPS) is 22.9. The molecule has 1 unspecified atom stereocenters. The third-order valence-corrected chi connectivity index (χ3v) is 7.21. The Morgan fingerprint density at radius 3 is 2.74 bits per heavy atom. The Morgan fingerprint density at radius 2 is 1.97 bits per heavy atom. The lowest BCUT2D eigenvalue weighted by Gasteiger charge is -2.31. The van der Waals surface area contributed by atoms with Crippen LogP contribution in [0.4, 0.5) is 5.69 Å². The first-order valence-corrected chi connectivity index (χ1v) is 13.2. The summed E-state index contributed by atoms with van der Waals surface area (Å²) in [6.07, 6.45) is 2.88. The van der Waals surface area contributed by atoms with Crippen LogP contribution < -0.4 is 20.7 Å². The van der Waals surface area contributed by atoms with E-state index in [1.54, 1.807) is 25.1 Å². The van der Waals surface area contributed by atoms with Gasteiger partial charge in [-0.25, -0.2) is 9.97 Å². The monoisotopic (exact) mass is 536 g/mol. The molecule has 3 aliphatic rings. The fraction of sp³-hybridized carbons (Fsp3) is 0.481. The Kier molecular flexibility index (Phi) is 7.73. The highest BCUT2D eigenvalue weighted by Gasteiger charge is 2.34. The van der Waals surface area contributed by atoms with Crippen molar-refractivity contribution in [3.05, 3.63) is 47.0 Å². The second kappa shape index (κ2) is 11.4. The average molecular weight is 537 g/mol. The first-order chi connectivity index (χ1) is 18.7. The van der Waals surface area contributed by atoms with Crippen LogP contribution in [0.3, 0.4) is 0 Å². The van der Waals surface area contributed by atoms with Crippen molar-refractivity contribution in [1.29, 1.82) is 0 Å². The van der Waals surface area contributed by atoms with Gasteiger partial charge in [0.15, 0.2) is 6.61 Å². The maximum Gasteiger partial charge on any atom is 0.270 e. The number of aliphatic hydroxyl groups is 1. The molecule has 39 heavy (non-hydrogen) atoms. The molecule has 3 amide bonds. The molecule has 3 heterocycles. The van der Waals surface area contributed by atoms with E-state index in [9.17, 15) is 19.5 Å². The van der Waals surface area contributed by atoms with Crippen molar-refractivity contribution in [1.82, 2.24) is 20.6 Å². The van der Waals surface area contributed by atoms with Gasteiger partial charge in [0, 0.05) is 19.0 Å². The number of anilines is 1. The molecule has 1 aromatic heterocycles. The van der Waals surface area contributed by atoms with Crippen LogP contribution in [0.1, 0.15) is 66.6 Å². The number of benzene rings is 1. The van der Waals surface area contributed by atoms with E-state index >= 15 is 0 Å². The van der Waals surface area contributed by atoms with Crippen molar-refractivity contribution >= 4 is 29.1 Å². The van der Waals surface area contributed by atoms with Gasteiger partial charge in [0.1, 0.15) is 35.2 Å². The second-order valence-electron chi connectivity index (χ2n) is 10.2. The van der Waals surface area contributed by atoms with Gasteiger partial charge < -0.3 is 30.6 Å². The minimum absolute atomic E-state index is 0.0128. The maximum absolute atomic E-state index is 12.9. The molecule has 4 N–H and O–H groups in total. The van der Waals surface area contributed by atoms with Crippen molar-refractivity contribution in [2.75, 3.05) is 11.9 Å². The second-order valence-corrected chi connectivity index (χ2v) is 10.2. The summed E-state index contributed by atoms with van der Waals surface area (Å²) in [4.78, 5) is 50.8. The molecule has 2 aliphatic heterocycles. The van der Waals surface area contributed by atoms with Crippen molar-refractivity contribution in [3.63, 3.8) is 0 Å². The summed E-state index contributed by atoms with van der Waals surface area (Å²) in [5.41, 5.74) is 2.84. The minimum Gasteiger partial charge on any atom is -0.482 e. The van der Waals surface area contributed by atoms with Gasteiger partial charge >= 0.3 is 0 Å². The first kappa shape index (κ1) is 26.5. The number of amides is 3. The Morgan fingerprint density at radius 1 is 1.18 bits per heavy atom. The molecule has 1 saturated carbocycles. The molecule has 1 aromatic carbocycles.